The number of nitrogens with one attached hydrogen (secondary N) is 1. The summed E-state index contributed by atoms with van der Waals surface area (Å²) >= 11 is 3.76. The van der Waals surface area contributed by atoms with E-state index >= 15 is 0 Å². The maximum Gasteiger partial charge on any atom is 0.231 e. The topological polar surface area (TPSA) is 30.5 Å². The second-order valence-electron chi connectivity index (χ2n) is 7.25. The third-order valence-electron chi connectivity index (χ3n) is 5.64. The van der Waals surface area contributed by atoms with Gasteiger partial charge in [0, 0.05) is 16.1 Å². The zero-order chi connectivity index (χ0) is 17.1. The molecule has 1 N–H and O–H groups in total. The van der Waals surface area contributed by atoms with Gasteiger partial charge in [0.15, 0.2) is 11.5 Å². The minimum Gasteiger partial charge on any atom is -0.454 e. The Bertz CT molecular complexity index is 905. The van der Waals surface area contributed by atoms with Crippen molar-refractivity contribution in [2.45, 2.75) is 32.2 Å². The lowest BCUT2D eigenvalue weighted by molar-refractivity contribution is 0.174. The van der Waals surface area contributed by atoms with Gasteiger partial charge in [0.25, 0.3) is 0 Å². The highest BCUT2D eigenvalue weighted by Crippen LogP contribution is 2.53. The van der Waals surface area contributed by atoms with Crippen LogP contribution in [0.5, 0.6) is 11.5 Å². The van der Waals surface area contributed by atoms with Crippen LogP contribution >= 0.6 is 15.9 Å². The number of hydrogen-bond acceptors (Lipinski definition) is 3. The molecule has 0 fully saturated rings. The molecule has 25 heavy (non-hydrogen) atoms. The summed E-state index contributed by atoms with van der Waals surface area (Å²) in [6, 6.07) is 8.98. The number of allylic oxidation sites excluding steroid dienone is 2. The van der Waals surface area contributed by atoms with E-state index in [0.29, 0.717) is 18.6 Å². The van der Waals surface area contributed by atoms with Crippen LogP contribution in [0.15, 0.2) is 40.9 Å². The molecule has 4 heteroatoms. The molecule has 128 valence electrons. The predicted molar refractivity (Wildman–Crippen MR) is 103 cm³/mol. The van der Waals surface area contributed by atoms with Crippen molar-refractivity contribution in [1.29, 1.82) is 0 Å². The van der Waals surface area contributed by atoms with E-state index in [9.17, 15) is 0 Å². The fourth-order valence-corrected chi connectivity index (χ4v) is 5.19. The molecule has 0 amide bonds. The Morgan fingerprint density at radius 3 is 2.72 bits per heavy atom. The van der Waals surface area contributed by atoms with E-state index in [1.165, 1.54) is 27.9 Å². The maximum atomic E-state index is 5.62. The van der Waals surface area contributed by atoms with Crippen molar-refractivity contribution < 1.29 is 9.47 Å². The zero-order valence-corrected chi connectivity index (χ0v) is 15.9. The Kier molecular flexibility index (Phi) is 3.39. The average molecular weight is 398 g/mol. The molecule has 2 aliphatic heterocycles. The van der Waals surface area contributed by atoms with Gasteiger partial charge in [-0.15, -0.1) is 0 Å². The van der Waals surface area contributed by atoms with Crippen LogP contribution < -0.4 is 14.8 Å². The molecule has 3 nitrogen and oxygen atoms in total. The summed E-state index contributed by atoms with van der Waals surface area (Å²) in [6.07, 6.45) is 5.82. The van der Waals surface area contributed by atoms with E-state index in [1.807, 2.05) is 6.07 Å². The van der Waals surface area contributed by atoms with Crippen molar-refractivity contribution in [2.24, 2.45) is 5.92 Å². The molecular weight excluding hydrogens is 378 g/mol. The number of rotatable bonds is 1. The first-order chi connectivity index (χ1) is 12.1. The first-order valence-corrected chi connectivity index (χ1v) is 9.54. The second kappa shape index (κ2) is 5.53. The van der Waals surface area contributed by atoms with Crippen LogP contribution in [-0.2, 0) is 0 Å². The molecule has 2 heterocycles. The molecule has 0 bridgehead atoms. The Morgan fingerprint density at radius 1 is 1.08 bits per heavy atom. The summed E-state index contributed by atoms with van der Waals surface area (Å²) in [5, 5.41) is 3.83. The van der Waals surface area contributed by atoms with Crippen LogP contribution in [0.4, 0.5) is 5.69 Å². The molecule has 0 unspecified atom stereocenters. The van der Waals surface area contributed by atoms with Crippen LogP contribution in [-0.4, -0.2) is 6.79 Å². The maximum absolute atomic E-state index is 5.62. The molecule has 5 rings (SSSR count). The summed E-state index contributed by atoms with van der Waals surface area (Å²) in [5.74, 6) is 2.65. The summed E-state index contributed by atoms with van der Waals surface area (Å²) in [7, 11) is 0. The summed E-state index contributed by atoms with van der Waals surface area (Å²) in [4.78, 5) is 0. The van der Waals surface area contributed by atoms with Gasteiger partial charge in [0.1, 0.15) is 0 Å². The lowest BCUT2D eigenvalue weighted by Gasteiger charge is -2.39. The van der Waals surface area contributed by atoms with Crippen molar-refractivity contribution in [1.82, 2.24) is 0 Å². The third kappa shape index (κ3) is 2.30. The average Bonchev–Trinajstić information content (AvgIpc) is 3.21. The highest BCUT2D eigenvalue weighted by Gasteiger charge is 2.40. The van der Waals surface area contributed by atoms with Crippen LogP contribution in [0.3, 0.4) is 0 Å². The third-order valence-corrected chi connectivity index (χ3v) is 6.33. The predicted octanol–water partition coefficient (Wildman–Crippen LogP) is 5.62. The Labute approximate surface area is 156 Å². The lowest BCUT2D eigenvalue weighted by Crippen LogP contribution is -2.30. The van der Waals surface area contributed by atoms with E-state index in [0.717, 1.165) is 22.4 Å². The summed E-state index contributed by atoms with van der Waals surface area (Å²) in [6.45, 7) is 4.70. The molecular formula is C21H20BrNO2. The Hall–Kier alpha value is -1.94. The first-order valence-electron chi connectivity index (χ1n) is 8.75. The molecule has 3 aliphatic rings. The minimum absolute atomic E-state index is 0.248. The number of fused-ring (bicyclic) bond motifs is 4. The van der Waals surface area contributed by atoms with Crippen molar-refractivity contribution in [3.8, 4) is 11.5 Å². The number of hydrogen-bond donors (Lipinski definition) is 1. The van der Waals surface area contributed by atoms with Gasteiger partial charge in [-0.2, -0.15) is 0 Å². The number of anilines is 1. The first kappa shape index (κ1) is 15.3. The van der Waals surface area contributed by atoms with E-state index in [-0.39, 0.29) is 6.04 Å². The molecule has 0 aromatic heterocycles. The van der Waals surface area contributed by atoms with Crippen LogP contribution in [0, 0.1) is 19.8 Å². The largest absolute Gasteiger partial charge is 0.454 e. The van der Waals surface area contributed by atoms with Crippen molar-refractivity contribution in [3.05, 3.63) is 63.1 Å². The van der Waals surface area contributed by atoms with Gasteiger partial charge in [-0.05, 0) is 66.6 Å². The van der Waals surface area contributed by atoms with E-state index in [4.69, 9.17) is 9.47 Å². The van der Waals surface area contributed by atoms with Crippen LogP contribution in [0.25, 0.3) is 0 Å². The summed E-state index contributed by atoms with van der Waals surface area (Å²) in [5.41, 5.74) is 6.64. The van der Waals surface area contributed by atoms with E-state index in [1.54, 1.807) is 0 Å². The van der Waals surface area contributed by atoms with Crippen molar-refractivity contribution >= 4 is 21.6 Å². The minimum atomic E-state index is 0.248. The molecule has 0 saturated carbocycles. The van der Waals surface area contributed by atoms with Gasteiger partial charge in [-0.1, -0.05) is 34.1 Å². The smallest absolute Gasteiger partial charge is 0.231 e. The molecule has 0 saturated heterocycles. The second-order valence-corrected chi connectivity index (χ2v) is 8.10. The van der Waals surface area contributed by atoms with Crippen molar-refractivity contribution in [2.75, 3.05) is 12.1 Å². The van der Waals surface area contributed by atoms with Crippen LogP contribution in [0.1, 0.15) is 40.6 Å². The van der Waals surface area contributed by atoms with Crippen LogP contribution in [0.2, 0.25) is 0 Å². The standard InChI is InChI=1S/C21H20BrNO2/c1-11-6-12(2)20-13-4-3-5-14(13)21(23-17(20)7-11)15-8-18-19(9-16(15)22)25-10-24-18/h3-4,6-9,13-14,21,23H,5,10H2,1-2H3/t13-,14-,21-/m0/s1. The molecule has 0 radical (unpaired) electrons. The molecule has 2 aromatic carbocycles. The number of aryl methyl sites for hydroxylation is 2. The number of benzene rings is 2. The van der Waals surface area contributed by atoms with E-state index in [2.05, 4.69) is 65.4 Å². The number of ether oxygens (including phenoxy) is 2. The molecule has 1 aliphatic carbocycles. The Balaban J connectivity index is 1.64. The highest BCUT2D eigenvalue weighted by molar-refractivity contribution is 9.10. The quantitative estimate of drug-likeness (QED) is 0.633. The van der Waals surface area contributed by atoms with Crippen molar-refractivity contribution in [3.63, 3.8) is 0 Å². The monoisotopic (exact) mass is 397 g/mol. The highest BCUT2D eigenvalue weighted by atomic mass is 79.9. The van der Waals surface area contributed by atoms with Gasteiger partial charge < -0.3 is 14.8 Å². The number of halogens is 1. The molecule has 0 spiro atoms. The van der Waals surface area contributed by atoms with Gasteiger partial charge in [0.05, 0.1) is 6.04 Å². The van der Waals surface area contributed by atoms with E-state index < -0.39 is 0 Å². The van der Waals surface area contributed by atoms with Gasteiger partial charge >= 0.3 is 0 Å². The fraction of sp³-hybridized carbons (Fsp3) is 0.333. The SMILES string of the molecule is Cc1cc(C)c2c(c1)N[C@H](c1cc3c(cc1Br)OCO3)[C@H]1CC=C[C@H]21. The molecule has 2 aromatic rings. The fourth-order valence-electron chi connectivity index (χ4n) is 4.62. The lowest BCUT2D eigenvalue weighted by atomic mass is 9.75. The Morgan fingerprint density at radius 2 is 1.88 bits per heavy atom. The zero-order valence-electron chi connectivity index (χ0n) is 14.3. The molecule has 3 atom stereocenters. The normalized spacial score (nSPS) is 25.5. The van der Waals surface area contributed by atoms with Gasteiger partial charge in [-0.25, -0.2) is 0 Å². The van der Waals surface area contributed by atoms with Gasteiger partial charge in [0.2, 0.25) is 6.79 Å². The van der Waals surface area contributed by atoms with Gasteiger partial charge in [-0.3, -0.25) is 0 Å². The summed E-state index contributed by atoms with van der Waals surface area (Å²) < 4.78 is 12.2.